The van der Waals surface area contributed by atoms with Crippen LogP contribution >= 0.6 is 0 Å². The van der Waals surface area contributed by atoms with Gasteiger partial charge in [-0.05, 0) is 11.6 Å². The first-order chi connectivity index (χ1) is 7.33. The van der Waals surface area contributed by atoms with Crippen LogP contribution in [0.3, 0.4) is 0 Å². The monoisotopic (exact) mass is 211 g/mol. The number of nitrogens with two attached hydrogens (primary N) is 1. The van der Waals surface area contributed by atoms with Crippen molar-refractivity contribution in [1.29, 1.82) is 0 Å². The minimum absolute atomic E-state index is 0.0406. The Kier molecular flexibility index (Phi) is 5.03. The Bertz CT molecular complexity index is 288. The van der Waals surface area contributed by atoms with E-state index < -0.39 is 0 Å². The molecule has 4 N–H and O–H groups in total. The fraction of sp³-hybridized carbons (Fsp3) is 0.500. The summed E-state index contributed by atoms with van der Waals surface area (Å²) in [5.74, 6) is 0. The number of aliphatic hydroxyl groups is 2. The van der Waals surface area contributed by atoms with E-state index >= 15 is 0 Å². The zero-order valence-electron chi connectivity index (χ0n) is 8.63. The molecule has 0 bridgehead atoms. The molecule has 0 spiro atoms. The molecular formula is C10H17N3O2. The lowest BCUT2D eigenvalue weighted by molar-refractivity contribution is 0.281. The van der Waals surface area contributed by atoms with Crippen molar-refractivity contribution in [2.24, 2.45) is 5.73 Å². The molecule has 0 radical (unpaired) electrons. The first-order valence-electron chi connectivity index (χ1n) is 4.93. The lowest BCUT2D eigenvalue weighted by Crippen LogP contribution is -2.30. The van der Waals surface area contributed by atoms with Crippen molar-refractivity contribution in [3.05, 3.63) is 24.0 Å². The van der Waals surface area contributed by atoms with Crippen LogP contribution in [0.25, 0.3) is 0 Å². The van der Waals surface area contributed by atoms with E-state index in [1.807, 2.05) is 11.0 Å². The molecule has 0 saturated heterocycles. The number of hydrogen-bond donors (Lipinski definition) is 3. The van der Waals surface area contributed by atoms with Gasteiger partial charge in [-0.1, -0.05) is 0 Å². The maximum atomic E-state index is 8.91. The molecule has 1 aromatic rings. The number of rotatable bonds is 6. The van der Waals surface area contributed by atoms with Gasteiger partial charge in [0.25, 0.3) is 0 Å². The van der Waals surface area contributed by atoms with Gasteiger partial charge < -0.3 is 20.8 Å². The average Bonchev–Trinajstić information content (AvgIpc) is 2.29. The Balaban J connectivity index is 2.88. The number of aromatic nitrogens is 1. The van der Waals surface area contributed by atoms with Gasteiger partial charge in [0.1, 0.15) is 0 Å². The molecule has 84 valence electrons. The Morgan fingerprint density at radius 3 is 2.47 bits per heavy atom. The van der Waals surface area contributed by atoms with E-state index in [1.54, 1.807) is 12.4 Å². The molecule has 0 aliphatic carbocycles. The largest absolute Gasteiger partial charge is 0.395 e. The van der Waals surface area contributed by atoms with Crippen molar-refractivity contribution in [2.45, 2.75) is 6.54 Å². The molecule has 0 amide bonds. The normalized spacial score (nSPS) is 10.3. The fourth-order valence-electron chi connectivity index (χ4n) is 1.47. The van der Waals surface area contributed by atoms with Gasteiger partial charge in [0, 0.05) is 25.8 Å². The van der Waals surface area contributed by atoms with Gasteiger partial charge in [-0.3, -0.25) is 4.98 Å². The van der Waals surface area contributed by atoms with Gasteiger partial charge in [-0.25, -0.2) is 0 Å². The standard InChI is InChI=1S/C10H17N3O2/c11-7-9-1-2-12-8-10(9)13(3-5-14)4-6-15/h1-2,8,14-15H,3-7,11H2. The highest BCUT2D eigenvalue weighted by Gasteiger charge is 2.09. The lowest BCUT2D eigenvalue weighted by atomic mass is 10.2. The van der Waals surface area contributed by atoms with Crippen molar-refractivity contribution in [3.8, 4) is 0 Å². The van der Waals surface area contributed by atoms with Gasteiger partial charge >= 0.3 is 0 Å². The lowest BCUT2D eigenvalue weighted by Gasteiger charge is -2.24. The first-order valence-corrected chi connectivity index (χ1v) is 4.93. The maximum absolute atomic E-state index is 8.91. The molecule has 0 unspecified atom stereocenters. The molecule has 1 heterocycles. The SMILES string of the molecule is NCc1ccncc1N(CCO)CCO. The summed E-state index contributed by atoms with van der Waals surface area (Å²) in [6.45, 7) is 1.45. The first kappa shape index (κ1) is 11.9. The molecule has 0 aliphatic rings. The Hall–Kier alpha value is -1.17. The smallest absolute Gasteiger partial charge is 0.0606 e. The minimum Gasteiger partial charge on any atom is -0.395 e. The third-order valence-electron chi connectivity index (χ3n) is 2.19. The minimum atomic E-state index is 0.0406. The molecule has 0 atom stereocenters. The third kappa shape index (κ3) is 3.16. The molecule has 0 saturated carbocycles. The zero-order valence-corrected chi connectivity index (χ0v) is 8.63. The highest BCUT2D eigenvalue weighted by molar-refractivity contribution is 5.51. The molecule has 5 heteroatoms. The van der Waals surface area contributed by atoms with Gasteiger partial charge in [0.05, 0.1) is 25.1 Å². The summed E-state index contributed by atoms with van der Waals surface area (Å²) in [6.07, 6.45) is 3.38. The van der Waals surface area contributed by atoms with Gasteiger partial charge in [-0.2, -0.15) is 0 Å². The third-order valence-corrected chi connectivity index (χ3v) is 2.19. The van der Waals surface area contributed by atoms with Crippen LogP contribution in [0.2, 0.25) is 0 Å². The van der Waals surface area contributed by atoms with Crippen molar-refractivity contribution in [3.63, 3.8) is 0 Å². The molecule has 0 aromatic carbocycles. The van der Waals surface area contributed by atoms with Gasteiger partial charge in [0.2, 0.25) is 0 Å². The van der Waals surface area contributed by atoms with Crippen LogP contribution in [0, 0.1) is 0 Å². The number of nitrogens with zero attached hydrogens (tertiary/aromatic N) is 2. The van der Waals surface area contributed by atoms with Crippen molar-refractivity contribution in [2.75, 3.05) is 31.2 Å². The number of anilines is 1. The summed E-state index contributed by atoms with van der Waals surface area (Å²) in [5.41, 5.74) is 7.44. The van der Waals surface area contributed by atoms with Crippen LogP contribution in [0.4, 0.5) is 5.69 Å². The summed E-state index contributed by atoms with van der Waals surface area (Å²) >= 11 is 0. The molecule has 0 aliphatic heterocycles. The second-order valence-electron chi connectivity index (χ2n) is 3.14. The number of pyridine rings is 1. The number of aliphatic hydroxyl groups excluding tert-OH is 2. The summed E-state index contributed by atoms with van der Waals surface area (Å²) in [5, 5.41) is 17.8. The summed E-state index contributed by atoms with van der Waals surface area (Å²) in [6, 6.07) is 1.84. The second kappa shape index (κ2) is 6.34. The van der Waals surface area contributed by atoms with Crippen molar-refractivity contribution >= 4 is 5.69 Å². The zero-order chi connectivity index (χ0) is 11.1. The van der Waals surface area contributed by atoms with E-state index in [0.29, 0.717) is 19.6 Å². The predicted octanol–water partition coefficient (Wildman–Crippen LogP) is -0.669. The van der Waals surface area contributed by atoms with Crippen LogP contribution in [-0.4, -0.2) is 41.5 Å². The predicted molar refractivity (Wildman–Crippen MR) is 58.5 cm³/mol. The van der Waals surface area contributed by atoms with Crippen LogP contribution in [0.1, 0.15) is 5.56 Å². The van der Waals surface area contributed by atoms with Crippen molar-refractivity contribution in [1.82, 2.24) is 4.98 Å². The van der Waals surface area contributed by atoms with E-state index in [-0.39, 0.29) is 13.2 Å². The topological polar surface area (TPSA) is 82.6 Å². The Morgan fingerprint density at radius 1 is 1.27 bits per heavy atom. The van der Waals surface area contributed by atoms with Gasteiger partial charge in [-0.15, -0.1) is 0 Å². The van der Waals surface area contributed by atoms with Crippen LogP contribution in [-0.2, 0) is 6.54 Å². The Morgan fingerprint density at radius 2 is 1.93 bits per heavy atom. The average molecular weight is 211 g/mol. The fourth-order valence-corrected chi connectivity index (χ4v) is 1.47. The summed E-state index contributed by atoms with van der Waals surface area (Å²) in [7, 11) is 0. The van der Waals surface area contributed by atoms with Crippen LogP contribution < -0.4 is 10.6 Å². The molecule has 5 nitrogen and oxygen atoms in total. The molecule has 1 rings (SSSR count). The van der Waals surface area contributed by atoms with E-state index in [9.17, 15) is 0 Å². The molecule has 0 fully saturated rings. The second-order valence-corrected chi connectivity index (χ2v) is 3.14. The maximum Gasteiger partial charge on any atom is 0.0606 e. The Labute approximate surface area is 89.2 Å². The molecular weight excluding hydrogens is 194 g/mol. The van der Waals surface area contributed by atoms with Crippen LogP contribution in [0.5, 0.6) is 0 Å². The van der Waals surface area contributed by atoms with E-state index in [1.165, 1.54) is 0 Å². The van der Waals surface area contributed by atoms with E-state index in [4.69, 9.17) is 15.9 Å². The van der Waals surface area contributed by atoms with Crippen LogP contribution in [0.15, 0.2) is 18.5 Å². The summed E-state index contributed by atoms with van der Waals surface area (Å²) in [4.78, 5) is 5.89. The molecule has 15 heavy (non-hydrogen) atoms. The van der Waals surface area contributed by atoms with Gasteiger partial charge in [0.15, 0.2) is 0 Å². The highest BCUT2D eigenvalue weighted by atomic mass is 16.3. The highest BCUT2D eigenvalue weighted by Crippen LogP contribution is 2.17. The van der Waals surface area contributed by atoms with E-state index in [0.717, 1.165) is 11.3 Å². The number of hydrogen-bond acceptors (Lipinski definition) is 5. The van der Waals surface area contributed by atoms with E-state index in [2.05, 4.69) is 4.98 Å². The molecule has 1 aromatic heterocycles. The summed E-state index contributed by atoms with van der Waals surface area (Å²) < 4.78 is 0. The quantitative estimate of drug-likeness (QED) is 0.581. The van der Waals surface area contributed by atoms with Crippen molar-refractivity contribution < 1.29 is 10.2 Å².